The van der Waals surface area contributed by atoms with Crippen LogP contribution in [0.25, 0.3) is 11.3 Å². The van der Waals surface area contributed by atoms with Crippen LogP contribution in [0.15, 0.2) is 31.1 Å². The summed E-state index contributed by atoms with van der Waals surface area (Å²) in [5.74, 6) is 0.811. The Kier molecular flexibility index (Phi) is 2.82. The summed E-state index contributed by atoms with van der Waals surface area (Å²) in [6, 6.07) is 1.88. The van der Waals surface area contributed by atoms with Crippen LogP contribution in [0.5, 0.6) is 0 Å². The van der Waals surface area contributed by atoms with Gasteiger partial charge in [-0.25, -0.2) is 19.9 Å². The normalized spacial score (nSPS) is 9.93. The van der Waals surface area contributed by atoms with Crippen molar-refractivity contribution in [3.63, 3.8) is 0 Å². The largest absolute Gasteiger partial charge is 0.370 e. The maximum atomic E-state index is 4.16. The third-order valence-corrected chi connectivity index (χ3v) is 1.88. The zero-order valence-corrected chi connectivity index (χ0v) is 8.38. The molecule has 5 nitrogen and oxygen atoms in total. The van der Waals surface area contributed by atoms with E-state index in [1.54, 1.807) is 12.4 Å². The molecule has 0 atom stereocenters. The number of anilines is 1. The van der Waals surface area contributed by atoms with Gasteiger partial charge in [0.05, 0.1) is 5.69 Å². The molecule has 2 heterocycles. The Morgan fingerprint density at radius 2 is 1.93 bits per heavy atom. The Balaban J connectivity index is 2.33. The van der Waals surface area contributed by atoms with E-state index in [-0.39, 0.29) is 0 Å². The van der Waals surface area contributed by atoms with Crippen molar-refractivity contribution in [1.82, 2.24) is 19.9 Å². The van der Waals surface area contributed by atoms with Crippen molar-refractivity contribution in [3.8, 4) is 11.3 Å². The van der Waals surface area contributed by atoms with Crippen LogP contribution < -0.4 is 5.32 Å². The molecule has 0 aromatic carbocycles. The van der Waals surface area contributed by atoms with Crippen molar-refractivity contribution in [3.05, 3.63) is 31.1 Å². The topological polar surface area (TPSA) is 63.6 Å². The standard InChI is InChI=1S/C10H11N5/c1-2-13-10-3-9(14-7-15-10)8-4-11-6-12-5-8/h3-7H,2H2,1H3,(H,13,14,15). The van der Waals surface area contributed by atoms with Gasteiger partial charge in [-0.15, -0.1) is 0 Å². The molecule has 0 aliphatic rings. The summed E-state index contributed by atoms with van der Waals surface area (Å²) in [6.07, 6.45) is 6.48. The average Bonchev–Trinajstić information content (AvgIpc) is 2.31. The summed E-state index contributed by atoms with van der Waals surface area (Å²) in [6.45, 7) is 2.86. The predicted octanol–water partition coefficient (Wildman–Crippen LogP) is 1.37. The van der Waals surface area contributed by atoms with Gasteiger partial charge < -0.3 is 5.32 Å². The Morgan fingerprint density at radius 1 is 1.13 bits per heavy atom. The van der Waals surface area contributed by atoms with Gasteiger partial charge in [0.25, 0.3) is 0 Å². The van der Waals surface area contributed by atoms with Crippen LogP contribution in [0.4, 0.5) is 5.82 Å². The van der Waals surface area contributed by atoms with Gasteiger partial charge in [-0.1, -0.05) is 0 Å². The molecule has 0 saturated heterocycles. The lowest BCUT2D eigenvalue weighted by atomic mass is 10.2. The van der Waals surface area contributed by atoms with Gasteiger partial charge in [-0.2, -0.15) is 0 Å². The lowest BCUT2D eigenvalue weighted by Gasteiger charge is -2.03. The van der Waals surface area contributed by atoms with E-state index in [2.05, 4.69) is 25.3 Å². The smallest absolute Gasteiger partial charge is 0.129 e. The van der Waals surface area contributed by atoms with E-state index in [4.69, 9.17) is 0 Å². The predicted molar refractivity (Wildman–Crippen MR) is 57.2 cm³/mol. The Morgan fingerprint density at radius 3 is 2.67 bits per heavy atom. The lowest BCUT2D eigenvalue weighted by molar-refractivity contribution is 1.10. The van der Waals surface area contributed by atoms with E-state index in [0.717, 1.165) is 23.6 Å². The number of aromatic nitrogens is 4. The molecule has 2 aromatic heterocycles. The van der Waals surface area contributed by atoms with E-state index < -0.39 is 0 Å². The van der Waals surface area contributed by atoms with Crippen molar-refractivity contribution >= 4 is 5.82 Å². The maximum Gasteiger partial charge on any atom is 0.129 e. The Hall–Kier alpha value is -2.04. The van der Waals surface area contributed by atoms with Crippen LogP contribution in [0.3, 0.4) is 0 Å². The first-order valence-corrected chi connectivity index (χ1v) is 4.71. The van der Waals surface area contributed by atoms with Gasteiger partial charge >= 0.3 is 0 Å². The van der Waals surface area contributed by atoms with E-state index in [1.807, 2.05) is 13.0 Å². The number of rotatable bonds is 3. The minimum atomic E-state index is 0.811. The van der Waals surface area contributed by atoms with Crippen molar-refractivity contribution in [2.24, 2.45) is 0 Å². The number of nitrogens with zero attached hydrogens (tertiary/aromatic N) is 4. The fourth-order valence-electron chi connectivity index (χ4n) is 1.22. The minimum absolute atomic E-state index is 0.811. The summed E-state index contributed by atoms with van der Waals surface area (Å²) >= 11 is 0. The SMILES string of the molecule is CCNc1cc(-c2cncnc2)ncn1. The van der Waals surface area contributed by atoms with Gasteiger partial charge in [0.1, 0.15) is 18.5 Å². The summed E-state index contributed by atoms with van der Waals surface area (Å²) in [5.41, 5.74) is 1.71. The molecule has 0 amide bonds. The number of hydrogen-bond acceptors (Lipinski definition) is 5. The molecule has 0 saturated carbocycles. The van der Waals surface area contributed by atoms with Crippen LogP contribution >= 0.6 is 0 Å². The Bertz CT molecular complexity index is 429. The summed E-state index contributed by atoms with van der Waals surface area (Å²) < 4.78 is 0. The molecule has 0 spiro atoms. The van der Waals surface area contributed by atoms with E-state index in [1.165, 1.54) is 12.7 Å². The van der Waals surface area contributed by atoms with Gasteiger partial charge in [0, 0.05) is 30.6 Å². The third kappa shape index (κ3) is 2.25. The van der Waals surface area contributed by atoms with Crippen LogP contribution in [0, 0.1) is 0 Å². The average molecular weight is 201 g/mol. The quantitative estimate of drug-likeness (QED) is 0.812. The van der Waals surface area contributed by atoms with E-state index in [9.17, 15) is 0 Å². The van der Waals surface area contributed by atoms with Crippen LogP contribution in [0.2, 0.25) is 0 Å². The molecular weight excluding hydrogens is 190 g/mol. The molecule has 0 radical (unpaired) electrons. The molecule has 5 heteroatoms. The molecule has 0 aliphatic heterocycles. The second-order valence-electron chi connectivity index (χ2n) is 2.95. The Labute approximate surface area is 87.6 Å². The van der Waals surface area contributed by atoms with Gasteiger partial charge in [-0.3, -0.25) is 0 Å². The highest BCUT2D eigenvalue weighted by molar-refractivity contribution is 5.59. The highest BCUT2D eigenvalue weighted by Gasteiger charge is 2.00. The second kappa shape index (κ2) is 4.45. The lowest BCUT2D eigenvalue weighted by Crippen LogP contribution is -2.00. The van der Waals surface area contributed by atoms with Gasteiger partial charge in [0.15, 0.2) is 0 Å². The molecule has 0 fully saturated rings. The molecular formula is C10H11N5. The summed E-state index contributed by atoms with van der Waals surface area (Å²) in [7, 11) is 0. The highest BCUT2D eigenvalue weighted by atomic mass is 15.0. The van der Waals surface area contributed by atoms with Crippen LogP contribution in [-0.4, -0.2) is 26.5 Å². The molecule has 15 heavy (non-hydrogen) atoms. The molecule has 0 unspecified atom stereocenters. The molecule has 0 aliphatic carbocycles. The van der Waals surface area contributed by atoms with Gasteiger partial charge in [-0.05, 0) is 6.92 Å². The number of hydrogen-bond donors (Lipinski definition) is 1. The number of nitrogens with one attached hydrogen (secondary N) is 1. The first kappa shape index (κ1) is 9.51. The van der Waals surface area contributed by atoms with Crippen molar-refractivity contribution in [2.75, 3.05) is 11.9 Å². The zero-order valence-electron chi connectivity index (χ0n) is 8.38. The first-order chi connectivity index (χ1) is 7.40. The molecule has 0 bridgehead atoms. The fourth-order valence-corrected chi connectivity index (χ4v) is 1.22. The molecule has 2 aromatic rings. The maximum absolute atomic E-state index is 4.16. The van der Waals surface area contributed by atoms with Crippen molar-refractivity contribution in [2.45, 2.75) is 6.92 Å². The van der Waals surface area contributed by atoms with Crippen LogP contribution in [-0.2, 0) is 0 Å². The van der Waals surface area contributed by atoms with E-state index in [0.29, 0.717) is 0 Å². The first-order valence-electron chi connectivity index (χ1n) is 4.71. The third-order valence-electron chi connectivity index (χ3n) is 1.88. The highest BCUT2D eigenvalue weighted by Crippen LogP contribution is 2.15. The second-order valence-corrected chi connectivity index (χ2v) is 2.95. The van der Waals surface area contributed by atoms with E-state index >= 15 is 0 Å². The van der Waals surface area contributed by atoms with Crippen molar-refractivity contribution in [1.29, 1.82) is 0 Å². The fraction of sp³-hybridized carbons (Fsp3) is 0.200. The van der Waals surface area contributed by atoms with Gasteiger partial charge in [0.2, 0.25) is 0 Å². The molecule has 2 rings (SSSR count). The zero-order chi connectivity index (χ0) is 10.5. The van der Waals surface area contributed by atoms with Crippen molar-refractivity contribution < 1.29 is 0 Å². The monoisotopic (exact) mass is 201 g/mol. The van der Waals surface area contributed by atoms with Crippen LogP contribution in [0.1, 0.15) is 6.92 Å². The molecule has 1 N–H and O–H groups in total. The summed E-state index contributed by atoms with van der Waals surface area (Å²) in [5, 5.41) is 3.13. The molecule has 76 valence electrons. The minimum Gasteiger partial charge on any atom is -0.370 e. The summed E-state index contributed by atoms with van der Waals surface area (Å²) in [4.78, 5) is 16.1.